The molecule has 0 aliphatic carbocycles. The van der Waals surface area contributed by atoms with E-state index < -0.39 is 0 Å². The number of thioether (sulfide) groups is 1. The van der Waals surface area contributed by atoms with Gasteiger partial charge in [0.05, 0.1) is 18.3 Å². The lowest BCUT2D eigenvalue weighted by Gasteiger charge is -2.13. The first-order valence-electron chi connectivity index (χ1n) is 7.30. The van der Waals surface area contributed by atoms with E-state index in [-0.39, 0.29) is 16.5 Å². The molecule has 1 aromatic carbocycles. The van der Waals surface area contributed by atoms with Gasteiger partial charge in [0.15, 0.2) is 0 Å². The van der Waals surface area contributed by atoms with Crippen molar-refractivity contribution in [2.45, 2.75) is 37.7 Å². The topological polar surface area (TPSA) is 65.2 Å². The summed E-state index contributed by atoms with van der Waals surface area (Å²) in [6.45, 7) is 6.21. The Labute approximate surface area is 134 Å². The van der Waals surface area contributed by atoms with Crippen molar-refractivity contribution in [1.29, 1.82) is 0 Å². The summed E-state index contributed by atoms with van der Waals surface area (Å²) < 4.78 is 10.7. The highest BCUT2D eigenvalue weighted by atomic mass is 32.2. The van der Waals surface area contributed by atoms with Crippen LogP contribution in [0.25, 0.3) is 11.5 Å². The molecule has 118 valence electrons. The summed E-state index contributed by atoms with van der Waals surface area (Å²) in [6, 6.07) is 9.66. The normalized spacial score (nSPS) is 13.6. The number of rotatable bonds is 7. The Hall–Kier alpha value is -1.82. The smallest absolute Gasteiger partial charge is 0.306 e. The second kappa shape index (κ2) is 7.98. The number of hydrogen-bond donors (Lipinski definition) is 0. The SMILES string of the molecule is CCOC(=O)C[C@@H](C)S[C@@H](C)c1nnc(-c2ccccc2)o1. The van der Waals surface area contributed by atoms with Crippen molar-refractivity contribution in [2.24, 2.45) is 0 Å². The summed E-state index contributed by atoms with van der Waals surface area (Å²) in [5.74, 6) is 0.908. The molecule has 6 heteroatoms. The van der Waals surface area contributed by atoms with Gasteiger partial charge in [-0.1, -0.05) is 25.1 Å². The fourth-order valence-corrected chi connectivity index (χ4v) is 3.15. The number of esters is 1. The molecule has 22 heavy (non-hydrogen) atoms. The molecule has 0 aliphatic heterocycles. The second-order valence-electron chi connectivity index (χ2n) is 4.91. The summed E-state index contributed by atoms with van der Waals surface area (Å²) in [5, 5.41) is 8.34. The van der Waals surface area contributed by atoms with Gasteiger partial charge in [-0.2, -0.15) is 0 Å². The van der Waals surface area contributed by atoms with Gasteiger partial charge >= 0.3 is 5.97 Å². The van der Waals surface area contributed by atoms with Crippen LogP contribution in [0.2, 0.25) is 0 Å². The minimum atomic E-state index is -0.176. The van der Waals surface area contributed by atoms with Crippen molar-refractivity contribution in [3.05, 3.63) is 36.2 Å². The molecule has 0 amide bonds. The van der Waals surface area contributed by atoms with Crippen LogP contribution in [0.15, 0.2) is 34.7 Å². The molecule has 2 atom stereocenters. The average Bonchev–Trinajstić information content (AvgIpc) is 2.98. The minimum absolute atomic E-state index is 0.0226. The minimum Gasteiger partial charge on any atom is -0.466 e. The van der Waals surface area contributed by atoms with Crippen LogP contribution in [0.3, 0.4) is 0 Å². The summed E-state index contributed by atoms with van der Waals surface area (Å²) in [6.07, 6.45) is 0.378. The zero-order valence-electron chi connectivity index (χ0n) is 13.0. The molecule has 1 heterocycles. The van der Waals surface area contributed by atoms with E-state index in [4.69, 9.17) is 9.15 Å². The Morgan fingerprint density at radius 1 is 1.27 bits per heavy atom. The number of ether oxygens (including phenoxy) is 1. The van der Waals surface area contributed by atoms with Crippen LogP contribution in [0.1, 0.15) is 38.3 Å². The molecule has 2 rings (SSSR count). The number of carbonyl (C=O) groups excluding carboxylic acids is 1. The predicted molar refractivity (Wildman–Crippen MR) is 86.5 cm³/mol. The molecular formula is C16H20N2O3S. The summed E-state index contributed by atoms with van der Waals surface area (Å²) in [5.41, 5.74) is 0.901. The zero-order chi connectivity index (χ0) is 15.9. The van der Waals surface area contributed by atoms with E-state index in [0.717, 1.165) is 5.56 Å². The molecule has 0 saturated carbocycles. The average molecular weight is 320 g/mol. The Balaban J connectivity index is 1.94. The third kappa shape index (κ3) is 4.59. The number of hydrogen-bond acceptors (Lipinski definition) is 6. The molecule has 0 fully saturated rings. The maximum atomic E-state index is 11.5. The fourth-order valence-electron chi connectivity index (χ4n) is 2.01. The Kier molecular flexibility index (Phi) is 6.00. The van der Waals surface area contributed by atoms with Crippen LogP contribution >= 0.6 is 11.8 Å². The van der Waals surface area contributed by atoms with E-state index in [1.807, 2.05) is 51.1 Å². The van der Waals surface area contributed by atoms with Crippen LogP contribution in [0.4, 0.5) is 0 Å². The van der Waals surface area contributed by atoms with Crippen LogP contribution in [0.5, 0.6) is 0 Å². The van der Waals surface area contributed by atoms with E-state index in [0.29, 0.717) is 24.8 Å². The number of nitrogens with zero attached hydrogens (tertiary/aromatic N) is 2. The first-order valence-corrected chi connectivity index (χ1v) is 8.24. The van der Waals surface area contributed by atoms with Gasteiger partial charge in [-0.05, 0) is 26.0 Å². The number of benzene rings is 1. The molecule has 1 aromatic heterocycles. The van der Waals surface area contributed by atoms with Crippen LogP contribution in [-0.2, 0) is 9.53 Å². The van der Waals surface area contributed by atoms with Crippen molar-refractivity contribution in [1.82, 2.24) is 10.2 Å². The largest absolute Gasteiger partial charge is 0.466 e. The molecule has 0 saturated heterocycles. The molecule has 2 aromatic rings. The van der Waals surface area contributed by atoms with Gasteiger partial charge in [-0.3, -0.25) is 4.79 Å². The predicted octanol–water partition coefficient (Wildman–Crippen LogP) is 3.87. The lowest BCUT2D eigenvalue weighted by atomic mass is 10.2. The Morgan fingerprint density at radius 2 is 2.00 bits per heavy atom. The van der Waals surface area contributed by atoms with Crippen molar-refractivity contribution < 1.29 is 13.9 Å². The fraction of sp³-hybridized carbons (Fsp3) is 0.438. The molecule has 0 N–H and O–H groups in total. The Bertz CT molecular complexity index is 600. The molecule has 0 aliphatic rings. The number of carbonyl (C=O) groups is 1. The maximum Gasteiger partial charge on any atom is 0.306 e. The second-order valence-corrected chi connectivity index (χ2v) is 6.69. The standard InChI is InChI=1S/C16H20N2O3S/c1-4-20-14(19)10-11(2)22-12(3)15-17-18-16(21-15)13-8-6-5-7-9-13/h5-9,11-12H,4,10H2,1-3H3/t11-,12+/m1/s1. The van der Waals surface area contributed by atoms with Gasteiger partial charge < -0.3 is 9.15 Å². The molecular weight excluding hydrogens is 300 g/mol. The first kappa shape index (κ1) is 16.5. The van der Waals surface area contributed by atoms with Crippen LogP contribution in [0, 0.1) is 0 Å². The molecule has 5 nitrogen and oxygen atoms in total. The van der Waals surface area contributed by atoms with E-state index in [9.17, 15) is 4.79 Å². The van der Waals surface area contributed by atoms with E-state index in [1.165, 1.54) is 0 Å². The zero-order valence-corrected chi connectivity index (χ0v) is 13.8. The third-order valence-corrected chi connectivity index (χ3v) is 4.25. The van der Waals surface area contributed by atoms with Crippen LogP contribution in [-0.4, -0.2) is 28.0 Å². The highest BCUT2D eigenvalue weighted by Crippen LogP contribution is 2.33. The summed E-state index contributed by atoms with van der Waals surface area (Å²) in [7, 11) is 0. The van der Waals surface area contributed by atoms with Gasteiger partial charge in [-0.15, -0.1) is 22.0 Å². The highest BCUT2D eigenvalue weighted by Gasteiger charge is 2.20. The monoisotopic (exact) mass is 320 g/mol. The van der Waals surface area contributed by atoms with Crippen molar-refractivity contribution in [3.63, 3.8) is 0 Å². The first-order chi connectivity index (χ1) is 10.6. The third-order valence-electron chi connectivity index (χ3n) is 3.01. The van der Waals surface area contributed by atoms with Gasteiger partial charge in [0.25, 0.3) is 0 Å². The summed E-state index contributed by atoms with van der Waals surface area (Å²) in [4.78, 5) is 11.5. The summed E-state index contributed by atoms with van der Waals surface area (Å²) >= 11 is 1.62. The molecule has 0 radical (unpaired) electrons. The maximum absolute atomic E-state index is 11.5. The van der Waals surface area contributed by atoms with E-state index in [2.05, 4.69) is 10.2 Å². The Morgan fingerprint density at radius 3 is 2.68 bits per heavy atom. The quantitative estimate of drug-likeness (QED) is 0.721. The lowest BCUT2D eigenvalue weighted by molar-refractivity contribution is -0.142. The van der Waals surface area contributed by atoms with Gasteiger partial charge in [0.2, 0.25) is 11.8 Å². The van der Waals surface area contributed by atoms with Crippen molar-refractivity contribution >= 4 is 17.7 Å². The van der Waals surface area contributed by atoms with E-state index in [1.54, 1.807) is 11.8 Å². The molecule has 0 unspecified atom stereocenters. The van der Waals surface area contributed by atoms with Crippen molar-refractivity contribution in [3.8, 4) is 11.5 Å². The highest BCUT2D eigenvalue weighted by molar-refractivity contribution is 8.00. The molecule has 0 spiro atoms. The van der Waals surface area contributed by atoms with Crippen LogP contribution < -0.4 is 0 Å². The van der Waals surface area contributed by atoms with Gasteiger partial charge in [0, 0.05) is 10.8 Å². The molecule has 0 bridgehead atoms. The van der Waals surface area contributed by atoms with Gasteiger partial charge in [-0.25, -0.2) is 0 Å². The van der Waals surface area contributed by atoms with Gasteiger partial charge in [0.1, 0.15) is 0 Å². The lowest BCUT2D eigenvalue weighted by Crippen LogP contribution is -2.11. The van der Waals surface area contributed by atoms with E-state index >= 15 is 0 Å². The van der Waals surface area contributed by atoms with Crippen molar-refractivity contribution in [2.75, 3.05) is 6.61 Å². The number of aromatic nitrogens is 2.